The Bertz CT molecular complexity index is 4070. The molecule has 6 fully saturated rings. The van der Waals surface area contributed by atoms with Gasteiger partial charge in [-0.3, -0.25) is 14.4 Å². The van der Waals surface area contributed by atoms with E-state index >= 15 is 0 Å². The molecule has 23 heteroatoms. The second-order valence-corrected chi connectivity index (χ2v) is 35.5. The third-order valence-electron chi connectivity index (χ3n) is 24.1. The molecule has 3 heterocycles. The summed E-state index contributed by atoms with van der Waals surface area (Å²) in [6.45, 7) is 17.3. The average molecular weight is 1660 g/mol. The van der Waals surface area contributed by atoms with E-state index in [-0.39, 0.29) is 65.4 Å². The predicted molar refractivity (Wildman–Crippen MR) is 466 cm³/mol. The smallest absolute Gasteiger partial charge is 0.407 e. The molecule has 120 heavy (non-hydrogen) atoms. The van der Waals surface area contributed by atoms with Crippen LogP contribution in [0.1, 0.15) is 212 Å². The minimum absolute atomic E-state index is 0.0206. The molecule has 6 aromatic rings. The average Bonchev–Trinajstić information content (AvgIpc) is 1.13. The summed E-state index contributed by atoms with van der Waals surface area (Å²) < 4.78 is 45.0. The summed E-state index contributed by atoms with van der Waals surface area (Å²) in [4.78, 5) is 65.4. The molecule has 6 aliphatic rings. The Morgan fingerprint density at radius 3 is 1.11 bits per heavy atom. The number of aliphatic carboxylic acids is 1. The molecule has 6 aromatic carbocycles. The number of nitrogens with two attached hydrogens (primary N) is 1. The largest absolute Gasteiger partial charge is 0.481 e. The van der Waals surface area contributed by atoms with Gasteiger partial charge < -0.3 is 89.8 Å². The van der Waals surface area contributed by atoms with Gasteiger partial charge in [0, 0.05) is 138 Å². The third-order valence-corrected chi connectivity index (χ3v) is 24.1. The molecule has 9 N–H and O–H groups in total. The molecule has 0 unspecified atom stereocenters. The van der Waals surface area contributed by atoms with Crippen LogP contribution in [-0.2, 0) is 54.9 Å². The Morgan fingerprint density at radius 2 is 0.767 bits per heavy atom. The number of likely N-dealkylation sites (tertiary alicyclic amines) is 2. The Labute approximate surface area is 712 Å². The molecule has 0 aromatic heterocycles. The molecule has 4 amide bonds. The Morgan fingerprint density at radius 1 is 0.425 bits per heavy atom. The number of unbranched alkanes of at least 4 members (excludes halogenated alkanes) is 3. The highest BCUT2D eigenvalue weighted by atomic mass is 16.6. The number of hydrogen-bond donors (Lipinski definition) is 8. The zero-order valence-corrected chi connectivity index (χ0v) is 72.7. The van der Waals surface area contributed by atoms with Crippen molar-refractivity contribution in [3.8, 4) is 34.5 Å². The maximum atomic E-state index is 13.7. The van der Waals surface area contributed by atoms with Crippen molar-refractivity contribution in [3.63, 3.8) is 0 Å². The Hall–Kier alpha value is -8.65. The van der Waals surface area contributed by atoms with E-state index in [1.54, 1.807) is 42.1 Å². The molecular weight excluding hydrogens is 1520 g/mol. The molecule has 0 bridgehead atoms. The van der Waals surface area contributed by atoms with Crippen molar-refractivity contribution in [1.82, 2.24) is 25.8 Å². The van der Waals surface area contributed by atoms with Crippen molar-refractivity contribution < 1.29 is 82.3 Å². The second kappa shape index (κ2) is 47.1. The van der Waals surface area contributed by atoms with Crippen LogP contribution in [0.3, 0.4) is 0 Å². The highest BCUT2D eigenvalue weighted by molar-refractivity contribution is 5.80. The van der Waals surface area contributed by atoms with E-state index in [0.717, 1.165) is 169 Å². The minimum atomic E-state index is -1.17. The lowest BCUT2D eigenvalue weighted by Gasteiger charge is -2.44. The fraction of sp³-hybridized carbons (Fsp3) is 0.577. The number of benzene rings is 6. The molecule has 0 radical (unpaired) electrons. The molecule has 3 aliphatic heterocycles. The Balaban J connectivity index is 0.000000191. The van der Waals surface area contributed by atoms with E-state index in [2.05, 4.69) is 16.0 Å². The number of carboxylic acid groups (broad SMARTS) is 1. The highest BCUT2D eigenvalue weighted by Gasteiger charge is 2.47. The van der Waals surface area contributed by atoms with Crippen LogP contribution in [0.15, 0.2) is 164 Å². The summed E-state index contributed by atoms with van der Waals surface area (Å²) in [6, 6.07) is 52.5. The number of carboxylic acids is 1. The molecule has 0 spiro atoms. The zero-order chi connectivity index (χ0) is 86.1. The van der Waals surface area contributed by atoms with Crippen LogP contribution in [0.2, 0.25) is 0 Å². The van der Waals surface area contributed by atoms with Gasteiger partial charge in [0.1, 0.15) is 45.7 Å². The van der Waals surface area contributed by atoms with Crippen LogP contribution in [0.5, 0.6) is 34.5 Å². The van der Waals surface area contributed by atoms with Crippen LogP contribution in [0.4, 0.5) is 9.59 Å². The molecule has 3 saturated heterocycles. The van der Waals surface area contributed by atoms with Gasteiger partial charge in [0.2, 0.25) is 11.8 Å². The molecule has 658 valence electrons. The fourth-order valence-corrected chi connectivity index (χ4v) is 18.0. The second-order valence-electron chi connectivity index (χ2n) is 35.5. The van der Waals surface area contributed by atoms with Crippen molar-refractivity contribution >= 4 is 30.0 Å². The lowest BCUT2D eigenvalue weighted by atomic mass is 9.73. The van der Waals surface area contributed by atoms with E-state index < -0.39 is 46.2 Å². The summed E-state index contributed by atoms with van der Waals surface area (Å²) in [5, 5.41) is 54.7. The minimum Gasteiger partial charge on any atom is -0.481 e. The fourth-order valence-electron chi connectivity index (χ4n) is 18.0. The van der Waals surface area contributed by atoms with Crippen molar-refractivity contribution in [1.29, 1.82) is 0 Å². The predicted octanol–water partition coefficient (Wildman–Crippen LogP) is 17.5. The van der Waals surface area contributed by atoms with Gasteiger partial charge >= 0.3 is 18.2 Å². The first kappa shape index (κ1) is 95.2. The number of aliphatic hydroxyl groups is 3. The number of carbonyl (C=O) groups is 5. The van der Waals surface area contributed by atoms with Gasteiger partial charge in [0.25, 0.3) is 0 Å². The number of ether oxygens (including phenoxy) is 8. The highest BCUT2D eigenvalue weighted by Crippen LogP contribution is 2.49. The summed E-state index contributed by atoms with van der Waals surface area (Å²) in [5.41, 5.74) is 4.26. The standard InChI is InChI=1S/C34H48N2O6.C29H40N2O4.C23H31NO3.C11H19NO4/c1-33(2,3)42-32(38)35-27-19-18-25(23-27)31(37)36-21-12-13-26(24-36)34(39,20-10-11-22-40-4)29-16-8-9-17-30(29)41-28-14-6-5-7-15-28;1-34-19-8-7-17-29(33,26-13-5-6-14-27(26)35-25-11-3-2-4-12-25)23-10-9-18-31(21-23)28(32)22-15-16-24(30)20-22;1-26-17-8-7-15-23(25,19-10-9-16-24-18-19)21-13-5-6-14-22(21)27-20-11-3-2-4-12-20;1-11(2,3)16-10(15)12-8-5-4-7(6-8)9(13)14/h5-9,14-17,25-27,39H,10-13,18-24H2,1-4H3,(H,35,38);2-6,11-14,22-24,33H,7-10,15-21,30H2,1H3;2-6,11-14,19,24-25H,7-10,15-18H2,1H3;7-8H,4-6H2,1-3H3,(H,12,15)(H,13,14)/t25-,26-,27+,34+;22-,23-,24+,29+;19-,23+;7-,8+/m1111/s1. The molecule has 3 aliphatic carbocycles. The van der Waals surface area contributed by atoms with Gasteiger partial charge in [0.05, 0.1) is 22.7 Å². The molecular formula is C97H138N6O17. The number of hydrogen-bond acceptors (Lipinski definition) is 18. The summed E-state index contributed by atoms with van der Waals surface area (Å²) in [5.74, 6) is 3.31. The van der Waals surface area contributed by atoms with E-state index in [1.807, 2.05) is 194 Å². The van der Waals surface area contributed by atoms with Gasteiger partial charge in [-0.2, -0.15) is 0 Å². The first-order valence-electron chi connectivity index (χ1n) is 44.0. The van der Waals surface area contributed by atoms with Crippen LogP contribution in [0, 0.1) is 35.5 Å². The van der Waals surface area contributed by atoms with Gasteiger partial charge in [-0.05, 0) is 257 Å². The number of para-hydroxylation sites is 6. The van der Waals surface area contributed by atoms with Gasteiger partial charge in [-0.15, -0.1) is 0 Å². The molecule has 3 saturated carbocycles. The van der Waals surface area contributed by atoms with Crippen molar-refractivity contribution in [2.45, 2.75) is 242 Å². The number of amides is 4. The lowest BCUT2D eigenvalue weighted by Crippen LogP contribution is -2.49. The van der Waals surface area contributed by atoms with Gasteiger partial charge in [0.15, 0.2) is 0 Å². The molecule has 12 atom stereocenters. The topological polar surface area (TPSA) is 309 Å². The third kappa shape index (κ3) is 29.0. The first-order chi connectivity index (χ1) is 57.6. The van der Waals surface area contributed by atoms with E-state index in [9.17, 15) is 39.3 Å². The molecule has 23 nitrogen and oxygen atoms in total. The normalized spacial score (nSPS) is 22.6. The zero-order valence-electron chi connectivity index (χ0n) is 72.7. The number of methoxy groups -OCH3 is 3. The number of nitrogens with one attached hydrogen (secondary N) is 3. The Kier molecular flexibility index (Phi) is 37.4. The summed E-state index contributed by atoms with van der Waals surface area (Å²) in [6.07, 6.45) is 18.1. The SMILES string of the molecule is CC(C)(C)OC(=O)N[C@H]1CC[C@@H](C(=O)O)C1.COCCCC[C@@](O)(c1ccccc1Oc1ccccc1)[C@@H]1CCCN(C(=O)[C@@H]2CC[C@H](N)C2)C1.COCCCC[C@@](O)(c1ccccc1Oc1ccccc1)[C@@H]1CCCN(C(=O)[C@@H]2CC[C@H](NC(=O)OC(C)(C)C)C2)C1.COCCCC[C@@](O)(c1ccccc1Oc1ccccc1)[C@@H]1CCCNC1. The maximum absolute atomic E-state index is 13.7. The monoisotopic (exact) mass is 1660 g/mol. The number of piperidine rings is 3. The van der Waals surface area contributed by atoms with Crippen molar-refractivity contribution in [2.24, 2.45) is 41.2 Å². The number of nitrogens with zero attached hydrogens (tertiary/aromatic N) is 2. The summed E-state index contributed by atoms with van der Waals surface area (Å²) >= 11 is 0. The molecule has 12 rings (SSSR count). The van der Waals surface area contributed by atoms with Crippen LogP contribution in [-0.4, -0.2) is 170 Å². The lowest BCUT2D eigenvalue weighted by molar-refractivity contribution is -0.142. The number of carbonyl (C=O) groups excluding carboxylic acids is 4. The first-order valence-corrected chi connectivity index (χ1v) is 44.0. The quantitative estimate of drug-likeness (QED) is 0.0182. The van der Waals surface area contributed by atoms with Crippen molar-refractivity contribution in [3.05, 3.63) is 180 Å². The van der Waals surface area contributed by atoms with E-state index in [4.69, 9.17) is 48.7 Å². The van der Waals surface area contributed by atoms with Gasteiger partial charge in [-0.25, -0.2) is 9.59 Å². The number of rotatable bonds is 32. The van der Waals surface area contributed by atoms with E-state index in [0.29, 0.717) is 95.0 Å². The van der Waals surface area contributed by atoms with Crippen LogP contribution >= 0.6 is 0 Å². The van der Waals surface area contributed by atoms with Crippen LogP contribution in [0.25, 0.3) is 0 Å². The van der Waals surface area contributed by atoms with Gasteiger partial charge in [-0.1, -0.05) is 109 Å². The number of alkyl carbamates (subject to hydrolysis) is 2. The maximum Gasteiger partial charge on any atom is 0.407 e. The summed E-state index contributed by atoms with van der Waals surface area (Å²) in [7, 11) is 5.12. The van der Waals surface area contributed by atoms with E-state index in [1.165, 1.54) is 0 Å². The van der Waals surface area contributed by atoms with Crippen molar-refractivity contribution in [2.75, 3.05) is 80.4 Å². The van der Waals surface area contributed by atoms with Crippen LogP contribution < -0.4 is 35.9 Å².